The lowest BCUT2D eigenvalue weighted by Crippen LogP contribution is -2.12. The molecule has 4 nitrogen and oxygen atoms in total. The molecule has 0 saturated carbocycles. The van der Waals surface area contributed by atoms with E-state index >= 15 is 0 Å². The topological polar surface area (TPSA) is 55.8 Å². The van der Waals surface area contributed by atoms with E-state index in [2.05, 4.69) is 9.47 Å². The number of aliphatic hydroxyl groups is 1. The molecule has 0 aromatic heterocycles. The molecule has 0 aromatic rings. The number of carbonyl (C=O) groups excluding carboxylic acids is 1. The Labute approximate surface area is 67.1 Å². The molecule has 0 aromatic carbocycles. The van der Waals surface area contributed by atoms with Gasteiger partial charge < -0.3 is 14.6 Å². The fourth-order valence-electron chi connectivity index (χ4n) is 0.238. The van der Waals surface area contributed by atoms with Gasteiger partial charge in [-0.1, -0.05) is 0 Å². The Morgan fingerprint density at radius 1 is 1.55 bits per heavy atom. The molecule has 11 heavy (non-hydrogen) atoms. The summed E-state index contributed by atoms with van der Waals surface area (Å²) in [6.45, 7) is 2.96. The van der Waals surface area contributed by atoms with Crippen molar-refractivity contribution in [2.75, 3.05) is 20.8 Å². The highest BCUT2D eigenvalue weighted by Gasteiger charge is 1.96. The maximum absolute atomic E-state index is 10.0. The number of hydrogen-bond donors (Lipinski definition) is 1. The lowest BCUT2D eigenvalue weighted by molar-refractivity contribution is -0.143. The Bertz CT molecular complexity index is 90.4. The van der Waals surface area contributed by atoms with E-state index in [4.69, 9.17) is 5.11 Å². The third-order valence-electron chi connectivity index (χ3n) is 0.528. The number of hydrogen-bond acceptors (Lipinski definition) is 4. The highest BCUT2D eigenvalue weighted by Crippen LogP contribution is 1.81. The first-order valence-corrected chi connectivity index (χ1v) is 3.26. The van der Waals surface area contributed by atoms with Crippen LogP contribution in [0, 0.1) is 0 Å². The SMILES string of the molecule is CC(=O)OCC(C)O.COC. The van der Waals surface area contributed by atoms with Crippen LogP contribution in [0.5, 0.6) is 0 Å². The van der Waals surface area contributed by atoms with Gasteiger partial charge in [0, 0.05) is 21.1 Å². The van der Waals surface area contributed by atoms with Crippen LogP contribution in [0.3, 0.4) is 0 Å². The number of esters is 1. The number of methoxy groups -OCH3 is 1. The van der Waals surface area contributed by atoms with Crippen molar-refractivity contribution in [1.29, 1.82) is 0 Å². The van der Waals surface area contributed by atoms with Crippen LogP contribution in [0.25, 0.3) is 0 Å². The van der Waals surface area contributed by atoms with E-state index in [9.17, 15) is 4.79 Å². The first kappa shape index (κ1) is 13.0. The fraction of sp³-hybridized carbons (Fsp3) is 0.857. The van der Waals surface area contributed by atoms with Crippen LogP contribution in [0.2, 0.25) is 0 Å². The Balaban J connectivity index is 0. The zero-order valence-corrected chi connectivity index (χ0v) is 7.46. The van der Waals surface area contributed by atoms with Crippen LogP contribution in [-0.4, -0.2) is 38.0 Å². The molecule has 0 amide bonds. The summed E-state index contributed by atoms with van der Waals surface area (Å²) in [6.07, 6.45) is -0.557. The van der Waals surface area contributed by atoms with Gasteiger partial charge >= 0.3 is 5.97 Å². The number of ether oxygens (including phenoxy) is 2. The minimum atomic E-state index is -0.557. The standard InChI is InChI=1S/C5H10O3.C2H6O/c1-4(6)3-8-5(2)7;1-3-2/h4,6H,3H2,1-2H3;1-2H3. The highest BCUT2D eigenvalue weighted by atomic mass is 16.5. The zero-order chi connectivity index (χ0) is 9.28. The molecule has 0 radical (unpaired) electrons. The van der Waals surface area contributed by atoms with Crippen LogP contribution >= 0.6 is 0 Å². The summed E-state index contributed by atoms with van der Waals surface area (Å²) >= 11 is 0. The second-order valence-corrected chi connectivity index (χ2v) is 2.06. The molecular weight excluding hydrogens is 148 g/mol. The van der Waals surface area contributed by atoms with Crippen molar-refractivity contribution in [3.8, 4) is 0 Å². The molecular formula is C7H16O4. The first-order valence-electron chi connectivity index (χ1n) is 3.26. The van der Waals surface area contributed by atoms with E-state index in [1.807, 2.05) is 0 Å². The maximum atomic E-state index is 10.0. The second-order valence-electron chi connectivity index (χ2n) is 2.06. The largest absolute Gasteiger partial charge is 0.463 e. The van der Waals surface area contributed by atoms with Crippen LogP contribution in [-0.2, 0) is 14.3 Å². The van der Waals surface area contributed by atoms with Crippen LogP contribution in [0.15, 0.2) is 0 Å². The summed E-state index contributed by atoms with van der Waals surface area (Å²) in [6, 6.07) is 0. The summed E-state index contributed by atoms with van der Waals surface area (Å²) < 4.78 is 8.66. The Hall–Kier alpha value is -0.610. The lowest BCUT2D eigenvalue weighted by Gasteiger charge is -2.01. The molecule has 0 saturated heterocycles. The van der Waals surface area contributed by atoms with Crippen molar-refractivity contribution in [1.82, 2.24) is 0 Å². The monoisotopic (exact) mass is 164 g/mol. The van der Waals surface area contributed by atoms with Gasteiger partial charge in [0.05, 0.1) is 6.10 Å². The zero-order valence-electron chi connectivity index (χ0n) is 7.46. The fourth-order valence-corrected chi connectivity index (χ4v) is 0.238. The average molecular weight is 164 g/mol. The molecule has 0 bridgehead atoms. The molecule has 0 heterocycles. The van der Waals surface area contributed by atoms with E-state index in [0.29, 0.717) is 0 Å². The van der Waals surface area contributed by atoms with Gasteiger partial charge in [-0.05, 0) is 6.92 Å². The van der Waals surface area contributed by atoms with Gasteiger partial charge in [0.2, 0.25) is 0 Å². The van der Waals surface area contributed by atoms with Crippen molar-refractivity contribution in [3.05, 3.63) is 0 Å². The van der Waals surface area contributed by atoms with Crippen LogP contribution in [0.4, 0.5) is 0 Å². The summed E-state index contributed by atoms with van der Waals surface area (Å²) in [7, 11) is 3.25. The van der Waals surface area contributed by atoms with E-state index < -0.39 is 6.10 Å². The Morgan fingerprint density at radius 2 is 1.91 bits per heavy atom. The van der Waals surface area contributed by atoms with Crippen molar-refractivity contribution in [3.63, 3.8) is 0 Å². The van der Waals surface area contributed by atoms with Gasteiger partial charge in [-0.25, -0.2) is 0 Å². The second kappa shape index (κ2) is 9.39. The van der Waals surface area contributed by atoms with Crippen molar-refractivity contribution < 1.29 is 19.4 Å². The lowest BCUT2D eigenvalue weighted by atomic mass is 10.4. The minimum absolute atomic E-state index is 0.0926. The number of carbonyl (C=O) groups is 1. The molecule has 68 valence electrons. The number of aliphatic hydroxyl groups excluding tert-OH is 1. The molecule has 4 heteroatoms. The third kappa shape index (κ3) is 26.6. The average Bonchev–Trinajstić information content (AvgIpc) is 1.85. The predicted molar refractivity (Wildman–Crippen MR) is 41.2 cm³/mol. The maximum Gasteiger partial charge on any atom is 0.302 e. The van der Waals surface area contributed by atoms with Gasteiger partial charge in [-0.2, -0.15) is 0 Å². The summed E-state index contributed by atoms with van der Waals surface area (Å²) in [5, 5.41) is 8.52. The summed E-state index contributed by atoms with van der Waals surface area (Å²) in [5.74, 6) is -0.356. The Kier molecular flexibility index (Phi) is 11.1. The first-order chi connectivity index (χ1) is 5.04. The minimum Gasteiger partial charge on any atom is -0.463 e. The van der Waals surface area contributed by atoms with Crippen molar-refractivity contribution in [2.45, 2.75) is 20.0 Å². The van der Waals surface area contributed by atoms with Gasteiger partial charge in [-0.3, -0.25) is 4.79 Å². The molecule has 0 aliphatic carbocycles. The third-order valence-corrected chi connectivity index (χ3v) is 0.528. The number of rotatable bonds is 2. The molecule has 0 aliphatic rings. The molecule has 0 rings (SSSR count). The van der Waals surface area contributed by atoms with E-state index in [1.165, 1.54) is 6.92 Å². The van der Waals surface area contributed by atoms with Crippen molar-refractivity contribution >= 4 is 5.97 Å². The molecule has 1 unspecified atom stereocenters. The molecule has 1 atom stereocenters. The normalized spacial score (nSPS) is 11.0. The van der Waals surface area contributed by atoms with Crippen LogP contribution in [0.1, 0.15) is 13.8 Å². The summed E-state index contributed by atoms with van der Waals surface area (Å²) in [5.41, 5.74) is 0. The molecule has 0 spiro atoms. The van der Waals surface area contributed by atoms with Gasteiger partial charge in [-0.15, -0.1) is 0 Å². The highest BCUT2D eigenvalue weighted by molar-refractivity contribution is 5.65. The van der Waals surface area contributed by atoms with E-state index in [-0.39, 0.29) is 12.6 Å². The molecule has 1 N–H and O–H groups in total. The van der Waals surface area contributed by atoms with Gasteiger partial charge in [0.15, 0.2) is 0 Å². The quantitative estimate of drug-likeness (QED) is 0.592. The van der Waals surface area contributed by atoms with Crippen LogP contribution < -0.4 is 0 Å². The van der Waals surface area contributed by atoms with Gasteiger partial charge in [0.1, 0.15) is 6.61 Å². The van der Waals surface area contributed by atoms with Crippen molar-refractivity contribution in [2.24, 2.45) is 0 Å². The Morgan fingerprint density at radius 3 is 2.00 bits per heavy atom. The smallest absolute Gasteiger partial charge is 0.302 e. The van der Waals surface area contributed by atoms with E-state index in [0.717, 1.165) is 0 Å². The summed E-state index contributed by atoms with van der Waals surface area (Å²) in [4.78, 5) is 10.0. The molecule has 0 fully saturated rings. The predicted octanol–water partition coefficient (Wildman–Crippen LogP) is 0.193. The molecule has 0 aliphatic heterocycles. The van der Waals surface area contributed by atoms with Gasteiger partial charge in [0.25, 0.3) is 0 Å². The van der Waals surface area contributed by atoms with E-state index in [1.54, 1.807) is 21.1 Å².